The fourth-order valence-electron chi connectivity index (χ4n) is 2.43. The number of carboxylic acid groups (broad SMARTS) is 1. The van der Waals surface area contributed by atoms with Gasteiger partial charge in [0, 0.05) is 18.9 Å². The maximum absolute atomic E-state index is 12.1. The van der Waals surface area contributed by atoms with E-state index in [4.69, 9.17) is 9.84 Å². The molecular weight excluding hydrogens is 354 g/mol. The summed E-state index contributed by atoms with van der Waals surface area (Å²) >= 11 is 0. The fraction of sp³-hybridized carbons (Fsp3) is 0.217. The first kappa shape index (κ1) is 20.8. The van der Waals surface area contributed by atoms with Crippen LogP contribution in [-0.4, -0.2) is 23.6 Å². The second kappa shape index (κ2) is 10.6. The van der Waals surface area contributed by atoms with Crippen LogP contribution in [0.2, 0.25) is 0 Å². The molecule has 0 unspecified atom stereocenters. The van der Waals surface area contributed by atoms with Gasteiger partial charge in [0.25, 0.3) is 0 Å². The molecule has 0 saturated heterocycles. The van der Waals surface area contributed by atoms with Gasteiger partial charge in [-0.3, -0.25) is 4.79 Å². The second-order valence-electron chi connectivity index (χ2n) is 6.00. The third-order valence-corrected chi connectivity index (χ3v) is 3.84. The molecule has 0 spiro atoms. The molecule has 5 heteroatoms. The molecule has 2 N–H and O–H groups in total. The molecule has 0 atom stereocenters. The fourth-order valence-corrected chi connectivity index (χ4v) is 2.43. The van der Waals surface area contributed by atoms with Gasteiger partial charge in [-0.25, -0.2) is 4.79 Å². The summed E-state index contributed by atoms with van der Waals surface area (Å²) in [7, 11) is 0. The van der Waals surface area contributed by atoms with Gasteiger partial charge in [0.05, 0.1) is 17.9 Å². The number of anilines is 1. The normalized spacial score (nSPS) is 10.2. The summed E-state index contributed by atoms with van der Waals surface area (Å²) in [4.78, 5) is 23.4. The molecule has 0 aliphatic rings. The predicted octanol–water partition coefficient (Wildman–Crippen LogP) is 4.53. The van der Waals surface area contributed by atoms with Crippen molar-refractivity contribution >= 4 is 23.6 Å². The number of ether oxygens (including phenoxy) is 1. The highest BCUT2D eigenvalue weighted by atomic mass is 16.5. The van der Waals surface area contributed by atoms with E-state index >= 15 is 0 Å². The third-order valence-electron chi connectivity index (χ3n) is 3.84. The molecule has 2 aromatic rings. The Hall–Kier alpha value is -3.52. The SMILES string of the molecule is CCC#CCCOc1cc(/C=C/C(=O)Nc2ccccc2C(=O)O)ccc1C. The Bertz CT molecular complexity index is 935. The summed E-state index contributed by atoms with van der Waals surface area (Å²) in [6.07, 6.45) is 4.51. The van der Waals surface area contributed by atoms with E-state index in [0.717, 1.165) is 23.3 Å². The van der Waals surface area contributed by atoms with Crippen molar-refractivity contribution in [1.29, 1.82) is 0 Å². The summed E-state index contributed by atoms with van der Waals surface area (Å²) in [6.45, 7) is 4.47. The highest BCUT2D eigenvalue weighted by Crippen LogP contribution is 2.21. The monoisotopic (exact) mass is 377 g/mol. The summed E-state index contributed by atoms with van der Waals surface area (Å²) in [6, 6.07) is 11.9. The van der Waals surface area contributed by atoms with Gasteiger partial charge in [0.15, 0.2) is 0 Å². The summed E-state index contributed by atoms with van der Waals surface area (Å²) in [5, 5.41) is 11.8. The van der Waals surface area contributed by atoms with E-state index < -0.39 is 11.9 Å². The summed E-state index contributed by atoms with van der Waals surface area (Å²) in [5.74, 6) is 5.28. The predicted molar refractivity (Wildman–Crippen MR) is 110 cm³/mol. The maximum Gasteiger partial charge on any atom is 0.337 e. The molecule has 2 rings (SSSR count). The van der Waals surface area contributed by atoms with Crippen molar-refractivity contribution in [2.45, 2.75) is 26.7 Å². The van der Waals surface area contributed by atoms with Crippen LogP contribution in [0.1, 0.15) is 41.3 Å². The number of hydrogen-bond donors (Lipinski definition) is 2. The minimum Gasteiger partial charge on any atom is -0.492 e. The number of rotatable bonds is 7. The van der Waals surface area contributed by atoms with E-state index in [1.165, 1.54) is 12.1 Å². The highest BCUT2D eigenvalue weighted by molar-refractivity contribution is 6.06. The lowest BCUT2D eigenvalue weighted by Gasteiger charge is -2.09. The van der Waals surface area contributed by atoms with Crippen LogP contribution in [0, 0.1) is 18.8 Å². The van der Waals surface area contributed by atoms with Crippen molar-refractivity contribution in [1.82, 2.24) is 0 Å². The number of benzene rings is 2. The van der Waals surface area contributed by atoms with Crippen LogP contribution in [0.4, 0.5) is 5.69 Å². The Morgan fingerprint density at radius 3 is 2.71 bits per heavy atom. The minimum atomic E-state index is -1.09. The van der Waals surface area contributed by atoms with Crippen LogP contribution in [0.3, 0.4) is 0 Å². The van der Waals surface area contributed by atoms with Crippen molar-refractivity contribution in [3.05, 3.63) is 65.2 Å². The number of para-hydroxylation sites is 1. The number of nitrogens with one attached hydrogen (secondary N) is 1. The standard InChI is InChI=1S/C23H23NO4/c1-3-4-5-8-15-28-21-16-18(12-11-17(21)2)13-14-22(25)24-20-10-7-6-9-19(20)23(26)27/h6-7,9-14,16H,3,8,15H2,1-2H3,(H,24,25)(H,26,27)/b14-13+. The Balaban J connectivity index is 2.02. The molecule has 0 aliphatic carbocycles. The molecule has 5 nitrogen and oxygen atoms in total. The molecular formula is C23H23NO4. The van der Waals surface area contributed by atoms with Gasteiger partial charge in [0.1, 0.15) is 5.75 Å². The Morgan fingerprint density at radius 1 is 1.18 bits per heavy atom. The van der Waals surface area contributed by atoms with Crippen molar-refractivity contribution in [3.8, 4) is 17.6 Å². The first-order valence-corrected chi connectivity index (χ1v) is 9.01. The molecule has 0 saturated carbocycles. The van der Waals surface area contributed by atoms with E-state index in [2.05, 4.69) is 17.2 Å². The van der Waals surface area contributed by atoms with Crippen LogP contribution in [-0.2, 0) is 4.79 Å². The van der Waals surface area contributed by atoms with E-state index in [0.29, 0.717) is 13.0 Å². The Morgan fingerprint density at radius 2 is 1.96 bits per heavy atom. The number of amides is 1. The molecule has 2 aromatic carbocycles. The van der Waals surface area contributed by atoms with Gasteiger partial charge in [-0.15, -0.1) is 5.92 Å². The first-order valence-electron chi connectivity index (χ1n) is 9.01. The molecule has 0 aliphatic heterocycles. The highest BCUT2D eigenvalue weighted by Gasteiger charge is 2.10. The minimum absolute atomic E-state index is 0.0430. The average molecular weight is 377 g/mol. The smallest absolute Gasteiger partial charge is 0.337 e. The number of aryl methyl sites for hydroxylation is 1. The van der Waals surface area contributed by atoms with Gasteiger partial charge < -0.3 is 15.2 Å². The zero-order valence-electron chi connectivity index (χ0n) is 16.0. The van der Waals surface area contributed by atoms with E-state index in [1.807, 2.05) is 32.0 Å². The Kier molecular flexibility index (Phi) is 7.86. The first-order chi connectivity index (χ1) is 13.5. The van der Waals surface area contributed by atoms with Crippen molar-refractivity contribution in [2.24, 2.45) is 0 Å². The third kappa shape index (κ3) is 6.33. The van der Waals surface area contributed by atoms with Gasteiger partial charge >= 0.3 is 5.97 Å². The molecule has 144 valence electrons. The van der Waals surface area contributed by atoms with Crippen LogP contribution < -0.4 is 10.1 Å². The van der Waals surface area contributed by atoms with Crippen LogP contribution >= 0.6 is 0 Å². The Labute approximate surface area is 165 Å². The van der Waals surface area contributed by atoms with Gasteiger partial charge in [-0.05, 0) is 42.3 Å². The summed E-state index contributed by atoms with van der Waals surface area (Å²) in [5.41, 5.74) is 2.11. The number of aromatic carboxylic acids is 1. The second-order valence-corrected chi connectivity index (χ2v) is 6.00. The number of carbonyl (C=O) groups excluding carboxylic acids is 1. The zero-order chi connectivity index (χ0) is 20.4. The molecule has 28 heavy (non-hydrogen) atoms. The molecule has 0 fully saturated rings. The van der Waals surface area contributed by atoms with Crippen molar-refractivity contribution in [3.63, 3.8) is 0 Å². The topological polar surface area (TPSA) is 75.6 Å². The molecule has 0 aromatic heterocycles. The molecule has 0 radical (unpaired) electrons. The largest absolute Gasteiger partial charge is 0.492 e. The van der Waals surface area contributed by atoms with E-state index in [-0.39, 0.29) is 11.3 Å². The lowest BCUT2D eigenvalue weighted by Crippen LogP contribution is -2.11. The van der Waals surface area contributed by atoms with Gasteiger partial charge in [-0.2, -0.15) is 0 Å². The van der Waals surface area contributed by atoms with E-state index in [1.54, 1.807) is 24.3 Å². The lowest BCUT2D eigenvalue weighted by molar-refractivity contribution is -0.111. The lowest BCUT2D eigenvalue weighted by atomic mass is 10.1. The molecule has 0 heterocycles. The maximum atomic E-state index is 12.1. The van der Waals surface area contributed by atoms with Crippen LogP contribution in [0.5, 0.6) is 5.75 Å². The average Bonchev–Trinajstić information content (AvgIpc) is 2.68. The van der Waals surface area contributed by atoms with Crippen LogP contribution in [0.15, 0.2) is 48.5 Å². The quantitative estimate of drug-likeness (QED) is 0.422. The van der Waals surface area contributed by atoms with E-state index in [9.17, 15) is 9.59 Å². The van der Waals surface area contributed by atoms with Crippen molar-refractivity contribution < 1.29 is 19.4 Å². The number of hydrogen-bond acceptors (Lipinski definition) is 3. The van der Waals surface area contributed by atoms with Gasteiger partial charge in [-0.1, -0.05) is 37.1 Å². The van der Waals surface area contributed by atoms with Crippen LogP contribution in [0.25, 0.3) is 6.08 Å². The molecule has 0 bridgehead atoms. The molecule has 1 amide bonds. The number of carboxylic acids is 1. The summed E-state index contributed by atoms with van der Waals surface area (Å²) < 4.78 is 5.77. The van der Waals surface area contributed by atoms with Crippen molar-refractivity contribution in [2.75, 3.05) is 11.9 Å². The zero-order valence-corrected chi connectivity index (χ0v) is 16.0. The van der Waals surface area contributed by atoms with Gasteiger partial charge in [0.2, 0.25) is 5.91 Å². The number of carbonyl (C=O) groups is 2.